The molecule has 0 saturated carbocycles. The average molecular weight is 405 g/mol. The van der Waals surface area contributed by atoms with Gasteiger partial charge in [-0.25, -0.2) is 8.91 Å². The van der Waals surface area contributed by atoms with Crippen LogP contribution in [0.4, 0.5) is 4.39 Å². The number of carbonyl (C=O) groups excluding carboxylic acids is 1. The Labute approximate surface area is 172 Å². The molecule has 5 rings (SSSR count). The Morgan fingerprint density at radius 1 is 1.13 bits per heavy atom. The van der Waals surface area contributed by atoms with E-state index < -0.39 is 0 Å². The molecule has 1 atom stereocenters. The van der Waals surface area contributed by atoms with E-state index in [9.17, 15) is 9.18 Å². The van der Waals surface area contributed by atoms with Crippen LogP contribution < -0.4 is 0 Å². The molecule has 4 aromatic rings. The van der Waals surface area contributed by atoms with Crippen LogP contribution in [-0.4, -0.2) is 57.2 Å². The maximum Gasteiger partial charge on any atom is 0.289 e. The van der Waals surface area contributed by atoms with E-state index in [0.29, 0.717) is 18.8 Å². The predicted molar refractivity (Wildman–Crippen MR) is 108 cm³/mol. The van der Waals surface area contributed by atoms with Crippen LogP contribution in [0.5, 0.6) is 0 Å². The van der Waals surface area contributed by atoms with Crippen molar-refractivity contribution < 1.29 is 13.6 Å². The molecule has 1 aliphatic rings. The summed E-state index contributed by atoms with van der Waals surface area (Å²) in [5, 5.41) is 8.70. The van der Waals surface area contributed by atoms with Gasteiger partial charge in [0.05, 0.1) is 17.8 Å². The highest BCUT2D eigenvalue weighted by molar-refractivity contribution is 5.91. The molecule has 8 heteroatoms. The number of furan rings is 1. The highest BCUT2D eigenvalue weighted by atomic mass is 19.1. The monoisotopic (exact) mass is 405 g/mol. The van der Waals surface area contributed by atoms with Gasteiger partial charge >= 0.3 is 0 Å². The van der Waals surface area contributed by atoms with Gasteiger partial charge in [-0.15, -0.1) is 5.10 Å². The van der Waals surface area contributed by atoms with Crippen molar-refractivity contribution in [2.45, 2.75) is 6.04 Å². The van der Waals surface area contributed by atoms with Gasteiger partial charge in [0, 0.05) is 31.4 Å². The summed E-state index contributed by atoms with van der Waals surface area (Å²) in [6.45, 7) is 1.84. The summed E-state index contributed by atoms with van der Waals surface area (Å²) in [4.78, 5) is 16.7. The molecular weight excluding hydrogens is 385 g/mol. The molecule has 0 radical (unpaired) electrons. The van der Waals surface area contributed by atoms with Crippen molar-refractivity contribution in [1.29, 1.82) is 0 Å². The minimum atomic E-state index is -0.281. The Balaban J connectivity index is 1.45. The van der Waals surface area contributed by atoms with Crippen LogP contribution in [0.15, 0.2) is 65.4 Å². The number of piperazine rings is 1. The summed E-state index contributed by atoms with van der Waals surface area (Å²) in [6, 6.07) is 13.6. The molecule has 4 heterocycles. The third kappa shape index (κ3) is 3.25. The molecule has 1 aromatic carbocycles. The van der Waals surface area contributed by atoms with Gasteiger partial charge in [-0.3, -0.25) is 9.69 Å². The van der Waals surface area contributed by atoms with Crippen molar-refractivity contribution >= 4 is 11.4 Å². The summed E-state index contributed by atoms with van der Waals surface area (Å²) < 4.78 is 20.6. The molecule has 0 bridgehead atoms. The minimum Gasteiger partial charge on any atom is -0.459 e. The fourth-order valence-corrected chi connectivity index (χ4v) is 3.90. The number of nitrogens with zero attached hydrogens (tertiary/aromatic N) is 5. The first-order valence-electron chi connectivity index (χ1n) is 9.74. The van der Waals surface area contributed by atoms with E-state index in [1.165, 1.54) is 18.4 Å². The van der Waals surface area contributed by atoms with Crippen LogP contribution in [0.3, 0.4) is 0 Å². The maximum atomic E-state index is 13.6. The van der Waals surface area contributed by atoms with E-state index in [1.807, 2.05) is 31.4 Å². The standard InChI is InChI=1S/C22H20FN5O2/c1-26-9-10-27(22(29)20-6-3-11-30-20)14-19(26)21-18-8-7-16(13-28(18)25-24-21)15-4-2-5-17(23)12-15/h2-8,11-13,19H,9-10,14H2,1H3/t19-/m1/s1. The minimum absolute atomic E-state index is 0.0878. The lowest BCUT2D eigenvalue weighted by Gasteiger charge is -2.38. The molecule has 1 aliphatic heterocycles. The molecule has 1 saturated heterocycles. The first kappa shape index (κ1) is 18.5. The number of rotatable bonds is 3. The molecule has 3 aromatic heterocycles. The van der Waals surface area contributed by atoms with E-state index >= 15 is 0 Å². The van der Waals surface area contributed by atoms with Crippen LogP contribution in [-0.2, 0) is 0 Å². The number of likely N-dealkylation sites (N-methyl/N-ethyl adjacent to an activating group) is 1. The lowest BCUT2D eigenvalue weighted by Crippen LogP contribution is -2.49. The van der Waals surface area contributed by atoms with Crippen molar-refractivity contribution in [1.82, 2.24) is 24.6 Å². The summed E-state index contributed by atoms with van der Waals surface area (Å²) in [5.74, 6) is -0.0640. The van der Waals surface area contributed by atoms with Crippen molar-refractivity contribution in [3.05, 3.63) is 78.3 Å². The normalized spacial score (nSPS) is 17.5. The second-order valence-electron chi connectivity index (χ2n) is 7.46. The molecule has 1 fully saturated rings. The number of benzene rings is 1. The van der Waals surface area contributed by atoms with Gasteiger partial charge < -0.3 is 9.32 Å². The van der Waals surface area contributed by atoms with Crippen molar-refractivity contribution in [3.8, 4) is 11.1 Å². The smallest absolute Gasteiger partial charge is 0.289 e. The molecule has 1 amide bonds. The number of hydrogen-bond donors (Lipinski definition) is 0. The Bertz CT molecular complexity index is 1200. The van der Waals surface area contributed by atoms with Crippen LogP contribution >= 0.6 is 0 Å². The Morgan fingerprint density at radius 2 is 2.03 bits per heavy atom. The van der Waals surface area contributed by atoms with E-state index in [-0.39, 0.29) is 17.8 Å². The Kier molecular flexibility index (Phi) is 4.55. The highest BCUT2D eigenvalue weighted by Crippen LogP contribution is 2.28. The number of pyridine rings is 1. The lowest BCUT2D eigenvalue weighted by molar-refractivity contribution is 0.0513. The van der Waals surface area contributed by atoms with Crippen LogP contribution in [0.1, 0.15) is 22.3 Å². The lowest BCUT2D eigenvalue weighted by atomic mass is 10.1. The Hall–Kier alpha value is -3.52. The summed E-state index contributed by atoms with van der Waals surface area (Å²) >= 11 is 0. The van der Waals surface area contributed by atoms with Gasteiger partial charge in [0.15, 0.2) is 5.76 Å². The van der Waals surface area contributed by atoms with Crippen molar-refractivity contribution in [3.63, 3.8) is 0 Å². The molecule has 0 N–H and O–H groups in total. The van der Waals surface area contributed by atoms with Gasteiger partial charge in [0.1, 0.15) is 11.5 Å². The summed E-state index contributed by atoms with van der Waals surface area (Å²) in [7, 11) is 2.02. The first-order valence-corrected chi connectivity index (χ1v) is 9.74. The molecule has 7 nitrogen and oxygen atoms in total. The topological polar surface area (TPSA) is 66.9 Å². The molecule has 30 heavy (non-hydrogen) atoms. The average Bonchev–Trinajstić information content (AvgIpc) is 3.43. The number of carbonyl (C=O) groups is 1. The first-order chi connectivity index (χ1) is 14.6. The van der Waals surface area contributed by atoms with Gasteiger partial charge in [-0.1, -0.05) is 23.4 Å². The molecular formula is C22H20FN5O2. The van der Waals surface area contributed by atoms with E-state index in [4.69, 9.17) is 4.42 Å². The molecule has 152 valence electrons. The summed E-state index contributed by atoms with van der Waals surface area (Å²) in [6.07, 6.45) is 3.35. The van der Waals surface area contributed by atoms with E-state index in [1.54, 1.807) is 27.6 Å². The predicted octanol–water partition coefficient (Wildman–Crippen LogP) is 3.26. The zero-order valence-electron chi connectivity index (χ0n) is 16.4. The third-order valence-corrected chi connectivity index (χ3v) is 5.58. The van der Waals surface area contributed by atoms with Crippen LogP contribution in [0, 0.1) is 5.82 Å². The number of amides is 1. The van der Waals surface area contributed by atoms with Gasteiger partial charge in [-0.2, -0.15) is 0 Å². The zero-order chi connectivity index (χ0) is 20.7. The second kappa shape index (κ2) is 7.38. The number of hydrogen-bond acceptors (Lipinski definition) is 5. The fraction of sp³-hybridized carbons (Fsp3) is 0.227. The highest BCUT2D eigenvalue weighted by Gasteiger charge is 2.32. The van der Waals surface area contributed by atoms with Crippen molar-refractivity contribution in [2.24, 2.45) is 0 Å². The second-order valence-corrected chi connectivity index (χ2v) is 7.46. The molecule has 0 unspecified atom stereocenters. The Morgan fingerprint density at radius 3 is 2.83 bits per heavy atom. The zero-order valence-corrected chi connectivity index (χ0v) is 16.4. The maximum absolute atomic E-state index is 13.6. The van der Waals surface area contributed by atoms with Crippen LogP contribution in [0.2, 0.25) is 0 Å². The summed E-state index contributed by atoms with van der Waals surface area (Å²) in [5.41, 5.74) is 3.29. The van der Waals surface area contributed by atoms with Gasteiger partial charge in [0.2, 0.25) is 0 Å². The van der Waals surface area contributed by atoms with Gasteiger partial charge in [-0.05, 0) is 42.9 Å². The molecule has 0 spiro atoms. The van der Waals surface area contributed by atoms with Crippen molar-refractivity contribution in [2.75, 3.05) is 26.7 Å². The van der Waals surface area contributed by atoms with E-state index in [0.717, 1.165) is 28.9 Å². The third-order valence-electron chi connectivity index (χ3n) is 5.58. The number of halogens is 1. The SMILES string of the molecule is CN1CCN(C(=O)c2ccco2)C[C@@H]1c1nnn2cc(-c3cccc(F)c3)ccc12. The number of aromatic nitrogens is 3. The van der Waals surface area contributed by atoms with E-state index in [2.05, 4.69) is 15.2 Å². The number of fused-ring (bicyclic) bond motifs is 1. The fourth-order valence-electron chi connectivity index (χ4n) is 3.90. The largest absolute Gasteiger partial charge is 0.459 e. The quantitative estimate of drug-likeness (QED) is 0.523. The molecule has 0 aliphatic carbocycles. The van der Waals surface area contributed by atoms with Crippen LogP contribution in [0.25, 0.3) is 16.6 Å². The van der Waals surface area contributed by atoms with Gasteiger partial charge in [0.25, 0.3) is 5.91 Å².